The van der Waals surface area contributed by atoms with Crippen LogP contribution < -0.4 is 15.2 Å². The first-order valence-electron chi connectivity index (χ1n) is 8.20. The maximum absolute atomic E-state index is 12.2. The fraction of sp³-hybridized carbons (Fsp3) is 0.611. The molecule has 0 saturated carbocycles. The van der Waals surface area contributed by atoms with Crippen molar-refractivity contribution in [1.82, 2.24) is 4.90 Å². The van der Waals surface area contributed by atoms with Gasteiger partial charge in [-0.2, -0.15) is 0 Å². The SMILES string of the molecule is COc1ccc([C@@H]2CCN(C(=O)OC(C)(C)C)C[C@H]2N)c(OC)c1. The molecule has 2 atom stereocenters. The molecule has 0 aliphatic carbocycles. The van der Waals surface area contributed by atoms with Crippen molar-refractivity contribution in [1.29, 1.82) is 0 Å². The van der Waals surface area contributed by atoms with Crippen LogP contribution in [0.3, 0.4) is 0 Å². The standard InChI is InChI=1S/C18H28N2O4/c1-18(2,3)24-17(21)20-9-8-13(15(19)11-20)14-7-6-12(22-4)10-16(14)23-5/h6-7,10,13,15H,8-9,11,19H2,1-5H3/t13-,15+/m0/s1. The molecule has 1 aromatic carbocycles. The molecule has 1 aromatic rings. The minimum absolute atomic E-state index is 0.129. The van der Waals surface area contributed by atoms with Crippen molar-refractivity contribution in [3.05, 3.63) is 23.8 Å². The van der Waals surface area contributed by atoms with E-state index in [0.717, 1.165) is 23.5 Å². The lowest BCUT2D eigenvalue weighted by atomic mass is 9.85. The van der Waals surface area contributed by atoms with Gasteiger partial charge in [0.2, 0.25) is 0 Å². The number of amides is 1. The van der Waals surface area contributed by atoms with E-state index in [1.54, 1.807) is 19.1 Å². The Labute approximate surface area is 143 Å². The highest BCUT2D eigenvalue weighted by atomic mass is 16.6. The van der Waals surface area contributed by atoms with E-state index in [9.17, 15) is 4.79 Å². The van der Waals surface area contributed by atoms with E-state index in [4.69, 9.17) is 19.9 Å². The van der Waals surface area contributed by atoms with Gasteiger partial charge in [-0.3, -0.25) is 0 Å². The molecule has 6 nitrogen and oxygen atoms in total. The van der Waals surface area contributed by atoms with Crippen molar-refractivity contribution < 1.29 is 19.0 Å². The van der Waals surface area contributed by atoms with E-state index < -0.39 is 5.60 Å². The molecule has 0 spiro atoms. The summed E-state index contributed by atoms with van der Waals surface area (Å²) in [4.78, 5) is 13.9. The minimum Gasteiger partial charge on any atom is -0.497 e. The number of carbonyl (C=O) groups excluding carboxylic acids is 1. The van der Waals surface area contributed by atoms with Gasteiger partial charge in [-0.1, -0.05) is 6.07 Å². The molecule has 1 fully saturated rings. The van der Waals surface area contributed by atoms with Crippen LogP contribution in [-0.4, -0.2) is 49.9 Å². The van der Waals surface area contributed by atoms with Crippen LogP contribution in [0.15, 0.2) is 18.2 Å². The fourth-order valence-electron chi connectivity index (χ4n) is 2.99. The molecular weight excluding hydrogens is 308 g/mol. The third-order valence-electron chi connectivity index (χ3n) is 4.15. The highest BCUT2D eigenvalue weighted by Gasteiger charge is 2.33. The maximum atomic E-state index is 12.2. The van der Waals surface area contributed by atoms with Gasteiger partial charge in [0, 0.05) is 31.1 Å². The maximum Gasteiger partial charge on any atom is 0.410 e. The first kappa shape index (κ1) is 18.4. The Balaban J connectivity index is 2.10. The summed E-state index contributed by atoms with van der Waals surface area (Å²) in [5, 5.41) is 0. The lowest BCUT2D eigenvalue weighted by Gasteiger charge is -2.38. The van der Waals surface area contributed by atoms with Crippen molar-refractivity contribution in [3.8, 4) is 11.5 Å². The number of hydrogen-bond donors (Lipinski definition) is 1. The van der Waals surface area contributed by atoms with Crippen LogP contribution in [0, 0.1) is 0 Å². The molecule has 0 aromatic heterocycles. The van der Waals surface area contributed by atoms with Gasteiger partial charge < -0.3 is 24.8 Å². The monoisotopic (exact) mass is 336 g/mol. The van der Waals surface area contributed by atoms with Gasteiger partial charge in [0.1, 0.15) is 17.1 Å². The number of carbonyl (C=O) groups is 1. The number of nitrogens with two attached hydrogens (primary N) is 1. The summed E-state index contributed by atoms with van der Waals surface area (Å²) in [5.41, 5.74) is 6.91. The Morgan fingerprint density at radius 1 is 1.25 bits per heavy atom. The van der Waals surface area contributed by atoms with E-state index in [-0.39, 0.29) is 18.1 Å². The van der Waals surface area contributed by atoms with Crippen LogP contribution in [0.2, 0.25) is 0 Å². The van der Waals surface area contributed by atoms with Crippen LogP contribution in [0.5, 0.6) is 11.5 Å². The zero-order valence-corrected chi connectivity index (χ0v) is 15.2. The number of likely N-dealkylation sites (tertiary alicyclic amines) is 1. The average molecular weight is 336 g/mol. The van der Waals surface area contributed by atoms with Crippen molar-refractivity contribution >= 4 is 6.09 Å². The van der Waals surface area contributed by atoms with Crippen LogP contribution in [0.1, 0.15) is 38.7 Å². The highest BCUT2D eigenvalue weighted by molar-refractivity contribution is 5.68. The van der Waals surface area contributed by atoms with E-state index in [0.29, 0.717) is 13.1 Å². The molecule has 1 saturated heterocycles. The van der Waals surface area contributed by atoms with Crippen molar-refractivity contribution in [2.45, 2.75) is 44.8 Å². The smallest absolute Gasteiger partial charge is 0.410 e. The van der Waals surface area contributed by atoms with E-state index in [1.807, 2.05) is 39.0 Å². The molecule has 0 unspecified atom stereocenters. The van der Waals surface area contributed by atoms with Gasteiger partial charge in [-0.05, 0) is 38.8 Å². The molecule has 1 aliphatic rings. The summed E-state index contributed by atoms with van der Waals surface area (Å²) in [6.45, 7) is 6.66. The molecular formula is C18H28N2O4. The number of nitrogens with zero attached hydrogens (tertiary/aromatic N) is 1. The summed E-state index contributed by atoms with van der Waals surface area (Å²) < 4.78 is 16.2. The van der Waals surface area contributed by atoms with Crippen molar-refractivity contribution in [2.24, 2.45) is 5.73 Å². The molecule has 2 rings (SSSR count). The first-order chi connectivity index (χ1) is 11.2. The second-order valence-electron chi connectivity index (χ2n) is 7.09. The van der Waals surface area contributed by atoms with Gasteiger partial charge in [-0.15, -0.1) is 0 Å². The molecule has 0 bridgehead atoms. The summed E-state index contributed by atoms with van der Waals surface area (Å²) in [6, 6.07) is 5.59. The lowest BCUT2D eigenvalue weighted by molar-refractivity contribution is 0.0186. The van der Waals surface area contributed by atoms with Gasteiger partial charge >= 0.3 is 6.09 Å². The average Bonchev–Trinajstić information content (AvgIpc) is 2.52. The first-order valence-corrected chi connectivity index (χ1v) is 8.20. The number of rotatable bonds is 3. The van der Waals surface area contributed by atoms with E-state index in [2.05, 4.69) is 0 Å². The molecule has 0 radical (unpaired) electrons. The number of ether oxygens (including phenoxy) is 3. The zero-order chi connectivity index (χ0) is 17.9. The molecule has 134 valence electrons. The molecule has 2 N–H and O–H groups in total. The minimum atomic E-state index is -0.503. The Hall–Kier alpha value is -1.95. The predicted octanol–water partition coefficient (Wildman–Crippen LogP) is 2.76. The molecule has 1 amide bonds. The van der Waals surface area contributed by atoms with E-state index in [1.165, 1.54) is 0 Å². The summed E-state index contributed by atoms with van der Waals surface area (Å²) >= 11 is 0. The fourth-order valence-corrected chi connectivity index (χ4v) is 2.99. The van der Waals surface area contributed by atoms with Gasteiger partial charge in [0.05, 0.1) is 14.2 Å². The van der Waals surface area contributed by atoms with Crippen molar-refractivity contribution in [2.75, 3.05) is 27.3 Å². The Morgan fingerprint density at radius 3 is 2.50 bits per heavy atom. The number of hydrogen-bond acceptors (Lipinski definition) is 5. The number of benzene rings is 1. The molecule has 24 heavy (non-hydrogen) atoms. The molecule has 1 heterocycles. The van der Waals surface area contributed by atoms with Crippen LogP contribution >= 0.6 is 0 Å². The number of methoxy groups -OCH3 is 2. The van der Waals surface area contributed by atoms with Crippen molar-refractivity contribution in [3.63, 3.8) is 0 Å². The third-order valence-corrected chi connectivity index (χ3v) is 4.15. The van der Waals surface area contributed by atoms with E-state index >= 15 is 0 Å². The summed E-state index contributed by atoms with van der Waals surface area (Å²) in [5.74, 6) is 1.64. The lowest BCUT2D eigenvalue weighted by Crippen LogP contribution is -2.50. The number of piperidine rings is 1. The highest BCUT2D eigenvalue weighted by Crippen LogP contribution is 2.36. The largest absolute Gasteiger partial charge is 0.497 e. The van der Waals surface area contributed by atoms with Crippen LogP contribution in [0.25, 0.3) is 0 Å². The second-order valence-corrected chi connectivity index (χ2v) is 7.09. The summed E-state index contributed by atoms with van der Waals surface area (Å²) in [7, 11) is 3.26. The normalized spacial score (nSPS) is 21.3. The quantitative estimate of drug-likeness (QED) is 0.919. The van der Waals surface area contributed by atoms with Gasteiger partial charge in [0.25, 0.3) is 0 Å². The Kier molecular flexibility index (Phi) is 5.59. The van der Waals surface area contributed by atoms with Crippen LogP contribution in [-0.2, 0) is 4.74 Å². The van der Waals surface area contributed by atoms with Gasteiger partial charge in [0.15, 0.2) is 0 Å². The summed E-state index contributed by atoms with van der Waals surface area (Å²) in [6.07, 6.45) is 0.460. The van der Waals surface area contributed by atoms with Crippen LogP contribution in [0.4, 0.5) is 4.79 Å². The third kappa shape index (κ3) is 4.32. The Morgan fingerprint density at radius 2 is 1.96 bits per heavy atom. The van der Waals surface area contributed by atoms with Gasteiger partial charge in [-0.25, -0.2) is 4.79 Å². The second kappa shape index (κ2) is 7.30. The molecule has 1 aliphatic heterocycles. The topological polar surface area (TPSA) is 74.0 Å². The predicted molar refractivity (Wildman–Crippen MR) is 92.7 cm³/mol. The Bertz CT molecular complexity index is 583. The molecule has 6 heteroatoms. The zero-order valence-electron chi connectivity index (χ0n) is 15.2.